The van der Waals surface area contributed by atoms with Crippen LogP contribution in [-0.4, -0.2) is 22.4 Å². The maximum atomic E-state index is 13.4. The number of carbonyl (C=O) groups excluding carboxylic acids is 2. The van der Waals surface area contributed by atoms with Gasteiger partial charge in [-0.05, 0) is 48.9 Å². The van der Waals surface area contributed by atoms with Crippen molar-refractivity contribution in [2.75, 3.05) is 5.32 Å². The minimum atomic E-state index is -0.396. The van der Waals surface area contributed by atoms with Crippen LogP contribution in [0.5, 0.6) is 0 Å². The predicted molar refractivity (Wildman–Crippen MR) is 118 cm³/mol. The quantitative estimate of drug-likeness (QED) is 0.799. The largest absolute Gasteiger partial charge is 0.307 e. The summed E-state index contributed by atoms with van der Waals surface area (Å²) < 4.78 is 0. The van der Waals surface area contributed by atoms with Gasteiger partial charge in [-0.2, -0.15) is 0 Å². The maximum Gasteiger partial charge on any atom is 0.255 e. The molecule has 1 fully saturated rings. The Morgan fingerprint density at radius 3 is 2.47 bits per heavy atom. The first-order chi connectivity index (χ1) is 14.3. The molecule has 2 aromatic rings. The summed E-state index contributed by atoms with van der Waals surface area (Å²) in [7, 11) is 0. The third kappa shape index (κ3) is 3.72. The predicted octanol–water partition coefficient (Wildman–Crippen LogP) is 4.85. The highest BCUT2D eigenvalue weighted by Gasteiger charge is 2.47. The van der Waals surface area contributed by atoms with E-state index in [1.54, 1.807) is 18.3 Å². The highest BCUT2D eigenvalue weighted by Crippen LogP contribution is 2.47. The van der Waals surface area contributed by atoms with Crippen molar-refractivity contribution in [2.24, 2.45) is 16.3 Å². The number of allylic oxidation sites excluding steroid dienone is 1. The first kappa shape index (κ1) is 20.2. The van der Waals surface area contributed by atoms with Crippen LogP contribution in [0, 0.1) is 18.3 Å². The van der Waals surface area contributed by atoms with E-state index in [0.29, 0.717) is 23.5 Å². The monoisotopic (exact) mass is 401 g/mol. The molecule has 0 saturated heterocycles. The first-order valence-electron chi connectivity index (χ1n) is 10.4. The van der Waals surface area contributed by atoms with Gasteiger partial charge in [0.25, 0.3) is 5.91 Å². The van der Waals surface area contributed by atoms with Crippen LogP contribution in [0.2, 0.25) is 0 Å². The summed E-state index contributed by atoms with van der Waals surface area (Å²) in [5.74, 6) is -0.343. The Balaban J connectivity index is 1.84. The molecule has 0 radical (unpaired) electrons. The number of aliphatic imine (C=N–C) groups is 1. The number of fused-ring (bicyclic) bond motifs is 1. The van der Waals surface area contributed by atoms with Gasteiger partial charge >= 0.3 is 0 Å². The molecular formula is C25H27N3O2. The van der Waals surface area contributed by atoms with Crippen LogP contribution in [0.4, 0.5) is 5.82 Å². The molecule has 154 valence electrons. The SMILES string of the molecule is CC1=C(C(=O)Nc2ccccn2)[C@@H](c2ccccc2C)C2C(=O)CC(C)(C)CC2=N1. The molecule has 1 amide bonds. The number of aromatic nitrogens is 1. The molecule has 2 heterocycles. The number of ketones is 1. The number of aryl methyl sites for hydroxylation is 1. The number of hydrogen-bond acceptors (Lipinski definition) is 4. The Morgan fingerprint density at radius 2 is 1.77 bits per heavy atom. The number of pyridine rings is 1. The summed E-state index contributed by atoms with van der Waals surface area (Å²) in [6.07, 6.45) is 2.89. The molecular weight excluding hydrogens is 374 g/mol. The van der Waals surface area contributed by atoms with Crippen molar-refractivity contribution in [1.82, 2.24) is 4.98 Å². The molecule has 5 nitrogen and oxygen atoms in total. The van der Waals surface area contributed by atoms with Crippen LogP contribution in [0.25, 0.3) is 0 Å². The number of rotatable bonds is 3. The molecule has 1 aromatic heterocycles. The van der Waals surface area contributed by atoms with Gasteiger partial charge in [0.2, 0.25) is 0 Å². The molecule has 1 aromatic carbocycles. The molecule has 1 aliphatic carbocycles. The van der Waals surface area contributed by atoms with Crippen molar-refractivity contribution in [1.29, 1.82) is 0 Å². The molecule has 5 heteroatoms. The number of Topliss-reactive ketones (excluding diaryl/α,β-unsaturated/α-hetero) is 1. The Kier molecular flexibility index (Phi) is 5.14. The van der Waals surface area contributed by atoms with Gasteiger partial charge in [-0.15, -0.1) is 0 Å². The Morgan fingerprint density at radius 1 is 1.03 bits per heavy atom. The molecule has 4 rings (SSSR count). The fourth-order valence-corrected chi connectivity index (χ4v) is 4.78. The second-order valence-corrected chi connectivity index (χ2v) is 9.07. The number of nitrogens with one attached hydrogen (secondary N) is 1. The van der Waals surface area contributed by atoms with Gasteiger partial charge in [-0.1, -0.05) is 44.2 Å². The Labute approximate surface area is 177 Å². The van der Waals surface area contributed by atoms with E-state index in [1.807, 2.05) is 44.2 Å². The van der Waals surface area contributed by atoms with Crippen LogP contribution in [0.3, 0.4) is 0 Å². The van der Waals surface area contributed by atoms with E-state index in [9.17, 15) is 9.59 Å². The average molecular weight is 402 g/mol. The van der Waals surface area contributed by atoms with E-state index in [4.69, 9.17) is 4.99 Å². The van der Waals surface area contributed by atoms with Crippen LogP contribution in [0.1, 0.15) is 50.7 Å². The molecule has 2 atom stereocenters. The summed E-state index contributed by atoms with van der Waals surface area (Å²) in [5.41, 5.74) is 4.09. The van der Waals surface area contributed by atoms with Crippen molar-refractivity contribution >= 4 is 23.2 Å². The van der Waals surface area contributed by atoms with E-state index in [-0.39, 0.29) is 23.0 Å². The van der Waals surface area contributed by atoms with Crippen molar-refractivity contribution < 1.29 is 9.59 Å². The van der Waals surface area contributed by atoms with Crippen molar-refractivity contribution in [3.8, 4) is 0 Å². The molecule has 1 unspecified atom stereocenters. The number of hydrogen-bond donors (Lipinski definition) is 1. The lowest BCUT2D eigenvalue weighted by Crippen LogP contribution is -2.44. The van der Waals surface area contributed by atoms with E-state index < -0.39 is 5.92 Å². The molecule has 30 heavy (non-hydrogen) atoms. The van der Waals surface area contributed by atoms with Crippen molar-refractivity contribution in [3.05, 3.63) is 71.1 Å². The first-order valence-corrected chi connectivity index (χ1v) is 10.4. The lowest BCUT2D eigenvalue weighted by Gasteiger charge is -2.41. The summed E-state index contributed by atoms with van der Waals surface area (Å²) in [6, 6.07) is 13.4. The minimum Gasteiger partial charge on any atom is -0.307 e. The summed E-state index contributed by atoms with van der Waals surface area (Å²) in [5, 5.41) is 2.90. The highest BCUT2D eigenvalue weighted by atomic mass is 16.2. The number of amides is 1. The fraction of sp³-hybridized carbons (Fsp3) is 0.360. The Hall–Kier alpha value is -3.08. The fourth-order valence-electron chi connectivity index (χ4n) is 4.78. The summed E-state index contributed by atoms with van der Waals surface area (Å²) in [4.78, 5) is 35.7. The third-order valence-electron chi connectivity index (χ3n) is 6.04. The summed E-state index contributed by atoms with van der Waals surface area (Å²) in [6.45, 7) is 8.11. The molecule has 1 saturated carbocycles. The van der Waals surface area contributed by atoms with E-state index in [2.05, 4.69) is 24.1 Å². The van der Waals surface area contributed by atoms with Gasteiger partial charge in [-0.3, -0.25) is 14.6 Å². The molecule has 1 aliphatic heterocycles. The zero-order chi connectivity index (χ0) is 21.5. The van der Waals surface area contributed by atoms with E-state index >= 15 is 0 Å². The zero-order valence-corrected chi connectivity index (χ0v) is 17.9. The van der Waals surface area contributed by atoms with Crippen LogP contribution in [0.15, 0.2) is 64.9 Å². The van der Waals surface area contributed by atoms with Gasteiger partial charge < -0.3 is 5.32 Å². The minimum absolute atomic E-state index is 0.114. The van der Waals surface area contributed by atoms with Gasteiger partial charge in [0, 0.05) is 35.5 Å². The van der Waals surface area contributed by atoms with Crippen molar-refractivity contribution in [2.45, 2.75) is 46.5 Å². The lowest BCUT2D eigenvalue weighted by atomic mass is 9.63. The van der Waals surface area contributed by atoms with Crippen LogP contribution < -0.4 is 5.32 Å². The molecule has 2 aliphatic rings. The van der Waals surface area contributed by atoms with Gasteiger partial charge in [-0.25, -0.2) is 4.98 Å². The third-order valence-corrected chi connectivity index (χ3v) is 6.04. The van der Waals surface area contributed by atoms with Crippen LogP contribution >= 0.6 is 0 Å². The number of nitrogens with zero attached hydrogens (tertiary/aromatic N) is 2. The maximum absolute atomic E-state index is 13.4. The Bertz CT molecular complexity index is 1070. The van der Waals surface area contributed by atoms with Gasteiger partial charge in [0.1, 0.15) is 11.6 Å². The second-order valence-electron chi connectivity index (χ2n) is 9.07. The van der Waals surface area contributed by atoms with E-state index in [1.165, 1.54) is 0 Å². The average Bonchev–Trinajstić information content (AvgIpc) is 2.67. The number of carbonyl (C=O) groups is 2. The smallest absolute Gasteiger partial charge is 0.255 e. The molecule has 1 N–H and O–H groups in total. The second kappa shape index (κ2) is 7.63. The normalized spacial score (nSPS) is 22.9. The molecule has 0 spiro atoms. The lowest BCUT2D eigenvalue weighted by molar-refractivity contribution is -0.124. The topological polar surface area (TPSA) is 71.4 Å². The summed E-state index contributed by atoms with van der Waals surface area (Å²) >= 11 is 0. The number of benzene rings is 1. The molecule has 0 bridgehead atoms. The van der Waals surface area contributed by atoms with Crippen molar-refractivity contribution in [3.63, 3.8) is 0 Å². The van der Waals surface area contributed by atoms with Gasteiger partial charge in [0.15, 0.2) is 0 Å². The van der Waals surface area contributed by atoms with Crippen LogP contribution in [-0.2, 0) is 9.59 Å². The highest BCUT2D eigenvalue weighted by molar-refractivity contribution is 6.14. The van der Waals surface area contributed by atoms with E-state index in [0.717, 1.165) is 23.3 Å². The van der Waals surface area contributed by atoms with Gasteiger partial charge in [0.05, 0.1) is 5.92 Å². The zero-order valence-electron chi connectivity index (χ0n) is 17.9. The number of anilines is 1. The standard InChI is InChI=1S/C25H27N3O2/c1-15-9-5-6-10-17(15)22-21(24(30)28-20-11-7-8-12-26-20)16(2)27-18-13-25(3,4)14-19(29)23(18)22/h5-12,22-23H,13-14H2,1-4H3,(H,26,28,30)/t22-,23?/m1/s1.